The fraction of sp³-hybridized carbons (Fsp3) is 0.200. The number of hydrogen-bond acceptors (Lipinski definition) is 4. The van der Waals surface area contributed by atoms with E-state index in [0.29, 0.717) is 0 Å². The van der Waals surface area contributed by atoms with Crippen molar-refractivity contribution in [1.82, 2.24) is 0 Å². The van der Waals surface area contributed by atoms with Crippen LogP contribution in [0.15, 0.2) is 23.3 Å². The van der Waals surface area contributed by atoms with Crippen LogP contribution < -0.4 is 0 Å². The summed E-state index contributed by atoms with van der Waals surface area (Å²) in [7, 11) is 0. The van der Waals surface area contributed by atoms with Gasteiger partial charge in [0, 0.05) is 0 Å². The summed E-state index contributed by atoms with van der Waals surface area (Å²) in [5, 5.41) is 36.3. The number of carboxylic acids is 4. The minimum absolute atomic E-state index is 0.758. The van der Waals surface area contributed by atoms with E-state index in [0.717, 1.165) is 12.2 Å². The molecule has 1 rings (SSSR count). The van der Waals surface area contributed by atoms with Gasteiger partial charge in [-0.2, -0.15) is 0 Å². The predicted octanol–water partition coefficient (Wildman–Crippen LogP) is 0.459. The third-order valence-electron chi connectivity index (χ3n) is 2.57. The molecule has 0 aromatic rings. The highest BCUT2D eigenvalue weighted by molar-refractivity contribution is 9.10. The molecule has 0 saturated carbocycles. The molecule has 4 N–H and O–H groups in total. The monoisotopic (exact) mass is 412 g/mol. The first kappa shape index (κ1) is 16.4. The molecule has 1 aliphatic carbocycles. The summed E-state index contributed by atoms with van der Waals surface area (Å²) in [5.41, 5.74) is -2.20. The Morgan fingerprint density at radius 1 is 0.750 bits per heavy atom. The van der Waals surface area contributed by atoms with E-state index in [4.69, 9.17) is 20.4 Å². The highest BCUT2D eigenvalue weighted by Crippen LogP contribution is 2.44. The molecule has 20 heavy (non-hydrogen) atoms. The van der Waals surface area contributed by atoms with Crippen molar-refractivity contribution in [3.05, 3.63) is 23.3 Å². The molecular weight excluding hydrogens is 408 g/mol. The maximum Gasteiger partial charge on any atom is 0.334 e. The number of halogens is 2. The Balaban J connectivity index is 3.84. The Labute approximate surface area is 127 Å². The summed E-state index contributed by atoms with van der Waals surface area (Å²) in [5.74, 6) is -7.11. The molecule has 0 spiro atoms. The summed E-state index contributed by atoms with van der Waals surface area (Å²) in [6.07, 6.45) is 1.52. The maximum atomic E-state index is 11.2. The Hall–Kier alpha value is -1.68. The van der Waals surface area contributed by atoms with Crippen LogP contribution in [0, 0.1) is 0 Å². The van der Waals surface area contributed by atoms with Crippen LogP contribution in [0.1, 0.15) is 0 Å². The van der Waals surface area contributed by atoms with Crippen LogP contribution in [0.2, 0.25) is 0 Å². The van der Waals surface area contributed by atoms with E-state index >= 15 is 0 Å². The zero-order chi connectivity index (χ0) is 15.9. The molecule has 8 nitrogen and oxygen atoms in total. The molecule has 2 unspecified atom stereocenters. The molecular formula is C10H6Br2O8. The second-order valence-electron chi connectivity index (χ2n) is 3.73. The quantitative estimate of drug-likeness (QED) is 0.383. The van der Waals surface area contributed by atoms with Gasteiger partial charge in [0.15, 0.2) is 8.65 Å². The van der Waals surface area contributed by atoms with E-state index in [2.05, 4.69) is 31.9 Å². The van der Waals surface area contributed by atoms with E-state index in [9.17, 15) is 19.2 Å². The van der Waals surface area contributed by atoms with Gasteiger partial charge in [0.1, 0.15) is 0 Å². The zero-order valence-corrected chi connectivity index (χ0v) is 12.5. The zero-order valence-electron chi connectivity index (χ0n) is 9.33. The SMILES string of the molecule is O=C(O)C1=C(C(=O)O)C(Br)(C(=O)O)C=CC1(Br)C(=O)O. The van der Waals surface area contributed by atoms with Gasteiger partial charge < -0.3 is 20.4 Å². The first-order chi connectivity index (χ1) is 8.98. The Kier molecular flexibility index (Phi) is 4.11. The van der Waals surface area contributed by atoms with Crippen LogP contribution in [0.4, 0.5) is 0 Å². The van der Waals surface area contributed by atoms with Crippen LogP contribution >= 0.6 is 31.9 Å². The molecule has 0 bridgehead atoms. The van der Waals surface area contributed by atoms with Crippen LogP contribution in [0.5, 0.6) is 0 Å². The number of carbonyl (C=O) groups is 4. The molecule has 0 fully saturated rings. The normalized spacial score (nSPS) is 29.1. The second-order valence-corrected chi connectivity index (χ2v) is 6.23. The minimum atomic E-state index is -2.33. The van der Waals surface area contributed by atoms with Gasteiger partial charge in [0.25, 0.3) is 0 Å². The van der Waals surface area contributed by atoms with Gasteiger partial charge in [-0.15, -0.1) is 0 Å². The summed E-state index contributed by atoms with van der Waals surface area (Å²) in [4.78, 5) is 44.9. The summed E-state index contributed by atoms with van der Waals surface area (Å²) in [6, 6.07) is 0. The standard InChI is InChI=1S/C10H6Br2O8/c11-9(7(17)18)1-2-10(12,8(19)20)4(6(15)16)3(9)5(13)14/h1-2H,(H,13,14)(H,15,16)(H,17,18)(H,19,20). The van der Waals surface area contributed by atoms with E-state index < -0.39 is 43.7 Å². The number of rotatable bonds is 4. The highest BCUT2D eigenvalue weighted by Gasteiger charge is 2.55. The lowest BCUT2D eigenvalue weighted by atomic mass is 9.81. The van der Waals surface area contributed by atoms with Crippen LogP contribution in [0.3, 0.4) is 0 Å². The smallest absolute Gasteiger partial charge is 0.334 e. The number of alkyl halides is 2. The van der Waals surface area contributed by atoms with Crippen LogP contribution in [-0.2, 0) is 19.2 Å². The third kappa shape index (κ3) is 2.24. The van der Waals surface area contributed by atoms with E-state index in [-0.39, 0.29) is 0 Å². The molecule has 1 aliphatic rings. The molecule has 0 aliphatic heterocycles. The van der Waals surface area contributed by atoms with Gasteiger partial charge in [-0.05, 0) is 0 Å². The summed E-state index contributed by atoms with van der Waals surface area (Å²) < 4.78 is -4.67. The lowest BCUT2D eigenvalue weighted by Crippen LogP contribution is -2.47. The van der Waals surface area contributed by atoms with Crippen LogP contribution in [-0.4, -0.2) is 53.0 Å². The number of hydrogen-bond donors (Lipinski definition) is 4. The topological polar surface area (TPSA) is 149 Å². The number of carboxylic acid groups (broad SMARTS) is 4. The Bertz CT molecular complexity index is 542. The van der Waals surface area contributed by atoms with E-state index in [1.54, 1.807) is 0 Å². The van der Waals surface area contributed by atoms with Gasteiger partial charge in [0.05, 0.1) is 11.1 Å². The maximum absolute atomic E-state index is 11.2. The van der Waals surface area contributed by atoms with E-state index in [1.807, 2.05) is 0 Å². The first-order valence-electron chi connectivity index (χ1n) is 4.75. The van der Waals surface area contributed by atoms with Gasteiger partial charge in [-0.25, -0.2) is 19.2 Å². The molecule has 2 atom stereocenters. The Morgan fingerprint density at radius 2 is 1.00 bits per heavy atom. The van der Waals surface area contributed by atoms with Crippen LogP contribution in [0.25, 0.3) is 0 Å². The summed E-state index contributed by atoms with van der Waals surface area (Å²) >= 11 is 5.27. The minimum Gasteiger partial charge on any atom is -0.480 e. The van der Waals surface area contributed by atoms with Crippen molar-refractivity contribution in [3.63, 3.8) is 0 Å². The van der Waals surface area contributed by atoms with Crippen molar-refractivity contribution in [1.29, 1.82) is 0 Å². The van der Waals surface area contributed by atoms with Crippen molar-refractivity contribution >= 4 is 55.7 Å². The predicted molar refractivity (Wildman–Crippen MR) is 70.0 cm³/mol. The molecule has 0 radical (unpaired) electrons. The lowest BCUT2D eigenvalue weighted by molar-refractivity contribution is -0.143. The molecule has 108 valence electrons. The van der Waals surface area contributed by atoms with Crippen molar-refractivity contribution in [2.45, 2.75) is 8.65 Å². The first-order valence-corrected chi connectivity index (χ1v) is 6.34. The van der Waals surface area contributed by atoms with Gasteiger partial charge in [0.2, 0.25) is 0 Å². The highest BCUT2D eigenvalue weighted by atomic mass is 79.9. The lowest BCUT2D eigenvalue weighted by Gasteiger charge is -2.32. The van der Waals surface area contributed by atoms with Gasteiger partial charge in [-0.3, -0.25) is 0 Å². The fourth-order valence-electron chi connectivity index (χ4n) is 1.64. The average molecular weight is 414 g/mol. The van der Waals surface area contributed by atoms with Crippen molar-refractivity contribution in [2.75, 3.05) is 0 Å². The van der Waals surface area contributed by atoms with Crippen molar-refractivity contribution in [2.24, 2.45) is 0 Å². The van der Waals surface area contributed by atoms with E-state index in [1.165, 1.54) is 0 Å². The molecule has 0 aromatic heterocycles. The second kappa shape index (κ2) is 5.02. The van der Waals surface area contributed by atoms with Gasteiger partial charge in [-0.1, -0.05) is 44.0 Å². The van der Waals surface area contributed by atoms with Crippen molar-refractivity contribution in [3.8, 4) is 0 Å². The molecule has 0 amide bonds. The largest absolute Gasteiger partial charge is 0.480 e. The molecule has 10 heteroatoms. The van der Waals surface area contributed by atoms with Crippen molar-refractivity contribution < 1.29 is 39.6 Å². The number of aliphatic carboxylic acids is 4. The summed E-state index contributed by atoms with van der Waals surface area (Å²) in [6.45, 7) is 0. The molecule has 0 aromatic carbocycles. The third-order valence-corrected chi connectivity index (χ3v) is 4.57. The average Bonchev–Trinajstić information content (AvgIpc) is 2.30. The Morgan fingerprint density at radius 3 is 1.15 bits per heavy atom. The molecule has 0 heterocycles. The van der Waals surface area contributed by atoms with Gasteiger partial charge >= 0.3 is 23.9 Å². The fourth-order valence-corrected chi connectivity index (χ4v) is 2.64. The molecule has 0 saturated heterocycles.